The van der Waals surface area contributed by atoms with Gasteiger partial charge < -0.3 is 4.90 Å². The molecule has 0 spiro atoms. The van der Waals surface area contributed by atoms with Gasteiger partial charge in [0.05, 0.1) is 17.5 Å². The quantitative estimate of drug-likeness (QED) is 0.806. The van der Waals surface area contributed by atoms with E-state index in [0.29, 0.717) is 5.56 Å². The van der Waals surface area contributed by atoms with Gasteiger partial charge in [0.2, 0.25) is 0 Å². The molecule has 1 aromatic carbocycles. The maximum absolute atomic E-state index is 13.2. The van der Waals surface area contributed by atoms with Crippen molar-refractivity contribution >= 4 is 0 Å². The van der Waals surface area contributed by atoms with Gasteiger partial charge in [-0.1, -0.05) is 6.07 Å². The van der Waals surface area contributed by atoms with E-state index < -0.39 is 17.0 Å². The highest BCUT2D eigenvalue weighted by Gasteiger charge is 2.51. The van der Waals surface area contributed by atoms with Crippen molar-refractivity contribution in [3.05, 3.63) is 35.4 Å². The minimum atomic E-state index is -0.858. The predicted molar refractivity (Wildman–Crippen MR) is 60.1 cm³/mol. The van der Waals surface area contributed by atoms with Crippen LogP contribution in [0.4, 0.5) is 8.78 Å². The molecule has 1 aromatic rings. The summed E-state index contributed by atoms with van der Waals surface area (Å²) in [5, 5.41) is 9.22. The van der Waals surface area contributed by atoms with E-state index in [-0.39, 0.29) is 6.04 Å². The van der Waals surface area contributed by atoms with Crippen LogP contribution in [0.5, 0.6) is 0 Å². The van der Waals surface area contributed by atoms with Crippen molar-refractivity contribution < 1.29 is 8.78 Å². The van der Waals surface area contributed by atoms with Gasteiger partial charge >= 0.3 is 0 Å². The summed E-state index contributed by atoms with van der Waals surface area (Å²) in [6, 6.07) is 6.00. The molecular weight excluding hydrogens is 222 g/mol. The molecule has 1 aliphatic rings. The third-order valence-corrected chi connectivity index (χ3v) is 3.31. The summed E-state index contributed by atoms with van der Waals surface area (Å²) in [7, 11) is 3.70. The van der Waals surface area contributed by atoms with E-state index in [4.69, 9.17) is 0 Å². The van der Waals surface area contributed by atoms with Gasteiger partial charge in [0.1, 0.15) is 0 Å². The summed E-state index contributed by atoms with van der Waals surface area (Å²) in [4.78, 5) is 1.89. The van der Waals surface area contributed by atoms with Crippen LogP contribution in [0.15, 0.2) is 18.2 Å². The van der Waals surface area contributed by atoms with Crippen molar-refractivity contribution in [1.29, 1.82) is 5.26 Å². The van der Waals surface area contributed by atoms with Gasteiger partial charge in [-0.05, 0) is 44.6 Å². The fourth-order valence-corrected chi connectivity index (χ4v) is 2.37. The van der Waals surface area contributed by atoms with E-state index >= 15 is 0 Å². The van der Waals surface area contributed by atoms with Crippen LogP contribution < -0.4 is 0 Å². The Balaban J connectivity index is 2.41. The second-order valence-corrected chi connectivity index (χ2v) is 4.81. The molecule has 1 aliphatic carbocycles. The molecule has 0 bridgehead atoms. The minimum Gasteiger partial charge on any atom is -0.301 e. The molecule has 1 fully saturated rings. The lowest BCUT2D eigenvalue weighted by Crippen LogP contribution is -2.28. The summed E-state index contributed by atoms with van der Waals surface area (Å²) in [5.74, 6) is -1.71. The lowest BCUT2D eigenvalue weighted by molar-refractivity contribution is 0.231. The van der Waals surface area contributed by atoms with E-state index in [1.165, 1.54) is 6.07 Å². The summed E-state index contributed by atoms with van der Waals surface area (Å²) in [6.07, 6.45) is 1.62. The Morgan fingerprint density at radius 1 is 1.29 bits per heavy atom. The Bertz CT molecular complexity index is 473. The van der Waals surface area contributed by atoms with Crippen LogP contribution in [-0.4, -0.2) is 19.0 Å². The molecule has 4 heteroatoms. The van der Waals surface area contributed by atoms with Gasteiger partial charge in [-0.2, -0.15) is 5.26 Å². The fourth-order valence-electron chi connectivity index (χ4n) is 2.37. The number of halogens is 2. The first-order valence-electron chi connectivity index (χ1n) is 5.53. The van der Waals surface area contributed by atoms with Crippen molar-refractivity contribution in [2.45, 2.75) is 18.9 Å². The Morgan fingerprint density at radius 2 is 1.94 bits per heavy atom. The largest absolute Gasteiger partial charge is 0.301 e. The molecule has 2 nitrogen and oxygen atoms in total. The number of rotatable bonds is 3. The first-order chi connectivity index (χ1) is 8.00. The molecule has 0 heterocycles. The molecule has 1 unspecified atom stereocenters. The highest BCUT2D eigenvalue weighted by Crippen LogP contribution is 2.56. The number of benzene rings is 1. The average Bonchev–Trinajstić information content (AvgIpc) is 3.04. The molecule has 1 saturated carbocycles. The van der Waals surface area contributed by atoms with E-state index in [2.05, 4.69) is 6.07 Å². The second kappa shape index (κ2) is 4.08. The standard InChI is InChI=1S/C13H14F2N2/c1-17(2)12(13(8-16)5-6-13)9-3-4-10(14)11(15)7-9/h3-4,7,12H,5-6H2,1-2H3. The SMILES string of the molecule is CN(C)C(c1ccc(F)c(F)c1)C1(C#N)CC1. The lowest BCUT2D eigenvalue weighted by atomic mass is 9.90. The zero-order valence-electron chi connectivity index (χ0n) is 9.87. The van der Waals surface area contributed by atoms with E-state index in [0.717, 1.165) is 18.9 Å². The average molecular weight is 236 g/mol. The van der Waals surface area contributed by atoms with Crippen molar-refractivity contribution in [2.24, 2.45) is 5.41 Å². The molecule has 17 heavy (non-hydrogen) atoms. The highest BCUT2D eigenvalue weighted by molar-refractivity contribution is 5.29. The number of nitriles is 1. The fraction of sp³-hybridized carbons (Fsp3) is 0.462. The molecular formula is C13H14F2N2. The van der Waals surface area contributed by atoms with Gasteiger partial charge in [0, 0.05) is 0 Å². The van der Waals surface area contributed by atoms with Gasteiger partial charge in [0.25, 0.3) is 0 Å². The van der Waals surface area contributed by atoms with Crippen LogP contribution in [0, 0.1) is 28.4 Å². The highest BCUT2D eigenvalue weighted by atomic mass is 19.2. The molecule has 0 aliphatic heterocycles. The van der Waals surface area contributed by atoms with E-state index in [1.54, 1.807) is 6.07 Å². The molecule has 0 aromatic heterocycles. The number of nitrogens with zero attached hydrogens (tertiary/aromatic N) is 2. The molecule has 0 radical (unpaired) electrons. The molecule has 0 saturated heterocycles. The first kappa shape index (κ1) is 12.0. The number of hydrogen-bond donors (Lipinski definition) is 0. The maximum atomic E-state index is 13.2. The monoisotopic (exact) mass is 236 g/mol. The van der Waals surface area contributed by atoms with E-state index in [9.17, 15) is 14.0 Å². The van der Waals surface area contributed by atoms with Crippen molar-refractivity contribution in [2.75, 3.05) is 14.1 Å². The smallest absolute Gasteiger partial charge is 0.159 e. The zero-order chi connectivity index (χ0) is 12.6. The normalized spacial score (nSPS) is 18.8. The van der Waals surface area contributed by atoms with Crippen LogP contribution in [0.2, 0.25) is 0 Å². The van der Waals surface area contributed by atoms with Crippen molar-refractivity contribution in [3.63, 3.8) is 0 Å². The Hall–Kier alpha value is -1.47. The number of hydrogen-bond acceptors (Lipinski definition) is 2. The van der Waals surface area contributed by atoms with Crippen LogP contribution in [0.3, 0.4) is 0 Å². The third kappa shape index (κ3) is 2.03. The molecule has 2 rings (SSSR count). The summed E-state index contributed by atoms with van der Waals surface area (Å²) >= 11 is 0. The maximum Gasteiger partial charge on any atom is 0.159 e. The first-order valence-corrected chi connectivity index (χ1v) is 5.53. The summed E-state index contributed by atoms with van der Waals surface area (Å²) < 4.78 is 26.1. The summed E-state index contributed by atoms with van der Waals surface area (Å²) in [5.41, 5.74) is 0.223. The van der Waals surface area contributed by atoms with Gasteiger partial charge in [-0.25, -0.2) is 8.78 Å². The van der Waals surface area contributed by atoms with Crippen LogP contribution in [0.25, 0.3) is 0 Å². The molecule has 1 atom stereocenters. The second-order valence-electron chi connectivity index (χ2n) is 4.81. The lowest BCUT2D eigenvalue weighted by Gasteiger charge is -2.28. The van der Waals surface area contributed by atoms with Crippen LogP contribution in [0.1, 0.15) is 24.4 Å². The van der Waals surface area contributed by atoms with Crippen LogP contribution in [-0.2, 0) is 0 Å². The van der Waals surface area contributed by atoms with Crippen molar-refractivity contribution in [3.8, 4) is 6.07 Å². The Labute approximate surface area is 99.5 Å². The Kier molecular flexibility index (Phi) is 2.88. The Morgan fingerprint density at radius 3 is 2.35 bits per heavy atom. The topological polar surface area (TPSA) is 27.0 Å². The van der Waals surface area contributed by atoms with Gasteiger partial charge in [-0.15, -0.1) is 0 Å². The molecule has 90 valence electrons. The summed E-state index contributed by atoms with van der Waals surface area (Å²) in [6.45, 7) is 0. The van der Waals surface area contributed by atoms with Crippen LogP contribution >= 0.6 is 0 Å². The predicted octanol–water partition coefficient (Wildman–Crippen LogP) is 2.87. The molecule has 0 amide bonds. The zero-order valence-corrected chi connectivity index (χ0v) is 9.87. The minimum absolute atomic E-state index is 0.178. The van der Waals surface area contributed by atoms with E-state index in [1.807, 2.05) is 19.0 Å². The third-order valence-electron chi connectivity index (χ3n) is 3.31. The van der Waals surface area contributed by atoms with Crippen molar-refractivity contribution in [1.82, 2.24) is 4.90 Å². The van der Waals surface area contributed by atoms with Gasteiger partial charge in [-0.3, -0.25) is 0 Å². The van der Waals surface area contributed by atoms with Gasteiger partial charge in [0.15, 0.2) is 11.6 Å². The molecule has 0 N–H and O–H groups in total.